The molecular formula is C17H14ClF3N4O3. The topological polar surface area (TPSA) is 81.5 Å². The third-order valence-corrected chi connectivity index (χ3v) is 4.49. The van der Waals surface area contributed by atoms with Crippen LogP contribution in [0.3, 0.4) is 0 Å². The van der Waals surface area contributed by atoms with Crippen molar-refractivity contribution in [3.05, 3.63) is 45.5 Å². The molecule has 11 heteroatoms. The minimum absolute atomic E-state index is 0.0775. The third-order valence-electron chi connectivity index (χ3n) is 4.24. The lowest BCUT2D eigenvalue weighted by Gasteiger charge is -2.10. The highest BCUT2D eigenvalue weighted by atomic mass is 35.5. The Bertz CT molecular complexity index is 1060. The van der Waals surface area contributed by atoms with Crippen molar-refractivity contribution in [1.29, 1.82) is 0 Å². The van der Waals surface area contributed by atoms with E-state index in [0.717, 1.165) is 10.9 Å². The quantitative estimate of drug-likeness (QED) is 0.706. The fraction of sp³-hybridized carbons (Fsp3) is 0.353. The van der Waals surface area contributed by atoms with Crippen LogP contribution in [0, 0.1) is 0 Å². The zero-order valence-electron chi connectivity index (χ0n) is 14.3. The van der Waals surface area contributed by atoms with E-state index in [-0.39, 0.29) is 11.8 Å². The molecule has 28 heavy (non-hydrogen) atoms. The fourth-order valence-electron chi connectivity index (χ4n) is 3.07. The third kappa shape index (κ3) is 3.69. The minimum atomic E-state index is -4.56. The Labute approximate surface area is 161 Å². The molecule has 2 aromatic heterocycles. The summed E-state index contributed by atoms with van der Waals surface area (Å²) in [6.07, 6.45) is -3.36. The normalized spacial score (nSPS) is 17.4. The number of alkyl halides is 3. The lowest BCUT2D eigenvalue weighted by atomic mass is 10.0. The van der Waals surface area contributed by atoms with Crippen molar-refractivity contribution in [2.24, 2.45) is 0 Å². The van der Waals surface area contributed by atoms with Crippen molar-refractivity contribution in [1.82, 2.24) is 19.6 Å². The van der Waals surface area contributed by atoms with Crippen molar-refractivity contribution in [3.63, 3.8) is 0 Å². The van der Waals surface area contributed by atoms with Crippen molar-refractivity contribution in [3.8, 4) is 17.1 Å². The predicted molar refractivity (Wildman–Crippen MR) is 93.5 cm³/mol. The first-order valence-corrected chi connectivity index (χ1v) is 8.80. The predicted octanol–water partition coefficient (Wildman–Crippen LogP) is 3.53. The second-order valence-corrected chi connectivity index (χ2v) is 6.69. The Hall–Kier alpha value is -2.59. The van der Waals surface area contributed by atoms with E-state index in [1.54, 1.807) is 24.3 Å². The highest BCUT2D eigenvalue weighted by Gasteiger charge is 2.30. The van der Waals surface area contributed by atoms with Gasteiger partial charge in [-0.2, -0.15) is 27.8 Å². The average Bonchev–Trinajstić information content (AvgIpc) is 3.28. The number of ether oxygens (including phenoxy) is 2. The maximum atomic E-state index is 12.5. The van der Waals surface area contributed by atoms with E-state index in [0.29, 0.717) is 34.9 Å². The molecule has 0 aliphatic carbocycles. The van der Waals surface area contributed by atoms with Crippen LogP contribution in [0.4, 0.5) is 13.2 Å². The van der Waals surface area contributed by atoms with E-state index >= 15 is 0 Å². The maximum Gasteiger partial charge on any atom is 0.422 e. The van der Waals surface area contributed by atoms with Crippen LogP contribution in [0.2, 0.25) is 5.02 Å². The number of halogens is 4. The number of aromatic nitrogens is 4. The van der Waals surface area contributed by atoms with Gasteiger partial charge in [0.25, 0.3) is 6.01 Å². The summed E-state index contributed by atoms with van der Waals surface area (Å²) in [6.45, 7) is -1.02. The number of nitrogens with one attached hydrogen (secondary N) is 1. The van der Waals surface area contributed by atoms with Gasteiger partial charge in [-0.1, -0.05) is 23.7 Å². The van der Waals surface area contributed by atoms with Gasteiger partial charge in [-0.3, -0.25) is 4.98 Å². The van der Waals surface area contributed by atoms with Crippen molar-refractivity contribution in [2.45, 2.75) is 25.1 Å². The fourth-order valence-corrected chi connectivity index (χ4v) is 3.20. The van der Waals surface area contributed by atoms with E-state index in [9.17, 15) is 18.0 Å². The Morgan fingerprint density at radius 2 is 2.07 bits per heavy atom. The van der Waals surface area contributed by atoms with Crippen LogP contribution in [0.25, 0.3) is 16.8 Å². The summed E-state index contributed by atoms with van der Waals surface area (Å²) in [5.74, 6) is 0. The zero-order chi connectivity index (χ0) is 19.9. The van der Waals surface area contributed by atoms with Gasteiger partial charge < -0.3 is 9.47 Å². The lowest BCUT2D eigenvalue weighted by molar-refractivity contribution is -0.154. The highest BCUT2D eigenvalue weighted by Crippen LogP contribution is 2.37. The summed E-state index contributed by atoms with van der Waals surface area (Å²) in [6, 6.07) is 6.22. The number of aromatic amines is 1. The number of fused-ring (bicyclic) bond motifs is 1. The van der Waals surface area contributed by atoms with Crippen molar-refractivity contribution < 1.29 is 22.6 Å². The van der Waals surface area contributed by atoms with Crippen LogP contribution in [0.15, 0.2) is 29.1 Å². The van der Waals surface area contributed by atoms with Crippen LogP contribution in [-0.2, 0) is 4.74 Å². The second-order valence-electron chi connectivity index (χ2n) is 6.26. The zero-order valence-corrected chi connectivity index (χ0v) is 15.0. The maximum absolute atomic E-state index is 12.5. The molecule has 1 aliphatic rings. The van der Waals surface area contributed by atoms with Gasteiger partial charge in [-0.25, -0.2) is 4.79 Å². The lowest BCUT2D eigenvalue weighted by Crippen LogP contribution is -2.24. The molecule has 1 aromatic carbocycles. The van der Waals surface area contributed by atoms with Gasteiger partial charge >= 0.3 is 11.9 Å². The minimum Gasteiger partial charge on any atom is -0.455 e. The summed E-state index contributed by atoms with van der Waals surface area (Å²) in [4.78, 5) is 18.6. The largest absolute Gasteiger partial charge is 0.455 e. The Balaban J connectivity index is 1.88. The molecule has 4 rings (SSSR count). The second kappa shape index (κ2) is 7.10. The van der Waals surface area contributed by atoms with Crippen LogP contribution in [-0.4, -0.2) is 39.0 Å². The van der Waals surface area contributed by atoms with E-state index in [1.807, 2.05) is 0 Å². The Morgan fingerprint density at radius 3 is 2.71 bits per heavy atom. The molecule has 0 bridgehead atoms. The molecule has 1 aliphatic heterocycles. The van der Waals surface area contributed by atoms with Crippen LogP contribution < -0.4 is 10.4 Å². The van der Waals surface area contributed by atoms with Crippen molar-refractivity contribution >= 4 is 17.2 Å². The molecule has 1 N–H and O–H groups in total. The number of benzene rings is 1. The van der Waals surface area contributed by atoms with Crippen LogP contribution in [0.5, 0.6) is 6.01 Å². The number of hydrogen-bond acceptors (Lipinski definition) is 5. The molecule has 148 valence electrons. The molecule has 0 amide bonds. The monoisotopic (exact) mass is 414 g/mol. The van der Waals surface area contributed by atoms with Crippen LogP contribution >= 0.6 is 11.6 Å². The van der Waals surface area contributed by atoms with Gasteiger partial charge in [0.15, 0.2) is 12.3 Å². The molecule has 1 saturated heterocycles. The molecule has 0 radical (unpaired) electrons. The summed E-state index contributed by atoms with van der Waals surface area (Å²) >= 11 is 5.95. The summed E-state index contributed by atoms with van der Waals surface area (Å²) < 4.78 is 48.7. The van der Waals surface area contributed by atoms with Crippen LogP contribution in [0.1, 0.15) is 24.6 Å². The molecule has 7 nitrogen and oxygen atoms in total. The standard InChI is InChI=1S/C17H14ClF3N4O3/c18-10-5-3-9(4-6-10)12-13(11-2-1-7-27-11)24-25-14(12)22-15(23-16(25)26)28-8-17(19,20)21/h3-6,11H,1-2,7-8H2,(H,22,23,26). The van der Waals surface area contributed by atoms with E-state index < -0.39 is 24.5 Å². The first-order valence-electron chi connectivity index (χ1n) is 8.42. The van der Waals surface area contributed by atoms with Gasteiger partial charge in [0.05, 0.1) is 5.56 Å². The van der Waals surface area contributed by atoms with Gasteiger partial charge in [0.2, 0.25) is 0 Å². The molecule has 0 spiro atoms. The van der Waals surface area contributed by atoms with E-state index in [1.165, 1.54) is 0 Å². The number of rotatable bonds is 4. The number of hydrogen-bond donors (Lipinski definition) is 1. The summed E-state index contributed by atoms with van der Waals surface area (Å²) in [5.41, 5.74) is 0.956. The summed E-state index contributed by atoms with van der Waals surface area (Å²) in [5, 5.41) is 4.83. The molecule has 1 atom stereocenters. The van der Waals surface area contributed by atoms with Gasteiger partial charge in [0.1, 0.15) is 11.8 Å². The van der Waals surface area contributed by atoms with Gasteiger partial charge in [-0.05, 0) is 30.5 Å². The molecule has 3 aromatic rings. The number of H-pyrrole nitrogens is 1. The molecule has 1 fully saturated rings. The SMILES string of the molecule is O=c1[nH]c(OCC(F)(F)F)nc2c(-c3ccc(Cl)cc3)c(C3CCCO3)nn12. The first-order chi connectivity index (χ1) is 13.3. The molecule has 3 heterocycles. The molecule has 0 saturated carbocycles. The summed E-state index contributed by atoms with van der Waals surface area (Å²) in [7, 11) is 0. The first kappa shape index (κ1) is 18.8. The Kier molecular flexibility index (Phi) is 4.76. The van der Waals surface area contributed by atoms with Crippen molar-refractivity contribution in [2.75, 3.05) is 13.2 Å². The highest BCUT2D eigenvalue weighted by molar-refractivity contribution is 6.30. The van der Waals surface area contributed by atoms with Gasteiger partial charge in [-0.15, -0.1) is 0 Å². The smallest absolute Gasteiger partial charge is 0.422 e. The number of nitrogens with zero attached hydrogens (tertiary/aromatic N) is 3. The van der Waals surface area contributed by atoms with Gasteiger partial charge in [0, 0.05) is 11.6 Å². The van der Waals surface area contributed by atoms with E-state index in [2.05, 4.69) is 19.8 Å². The van der Waals surface area contributed by atoms with E-state index in [4.69, 9.17) is 16.3 Å². The molecule has 1 unspecified atom stereocenters. The average molecular weight is 415 g/mol. The Morgan fingerprint density at radius 1 is 1.32 bits per heavy atom. The molecular weight excluding hydrogens is 401 g/mol.